The predicted octanol–water partition coefficient (Wildman–Crippen LogP) is 3.07. The quantitative estimate of drug-likeness (QED) is 0.680. The Bertz CT molecular complexity index is 895. The first-order valence-electron chi connectivity index (χ1n) is 6.33. The number of H-pyrrole nitrogens is 2. The van der Waals surface area contributed by atoms with Crippen LogP contribution in [0.1, 0.15) is 15.9 Å². The number of imidazole rings is 1. The molecule has 106 valence electrons. The fourth-order valence-corrected chi connectivity index (χ4v) is 2.29. The zero-order valence-corrected chi connectivity index (χ0v) is 11.9. The highest BCUT2D eigenvalue weighted by Gasteiger charge is 2.10. The fraction of sp³-hybridized carbons (Fsp3) is 0.0667. The number of fused-ring (bicyclic) bond motifs is 1. The van der Waals surface area contributed by atoms with E-state index in [1.807, 2.05) is 6.92 Å². The predicted molar refractivity (Wildman–Crippen MR) is 83.1 cm³/mol. The summed E-state index contributed by atoms with van der Waals surface area (Å²) in [6.07, 6.45) is 0. The lowest BCUT2D eigenvalue weighted by atomic mass is 10.1. The van der Waals surface area contributed by atoms with Crippen molar-refractivity contribution in [1.29, 1.82) is 0 Å². The molecule has 21 heavy (non-hydrogen) atoms. The molecule has 3 aromatic rings. The Balaban J connectivity index is 1.93. The van der Waals surface area contributed by atoms with Crippen LogP contribution in [0.2, 0.25) is 5.02 Å². The average Bonchev–Trinajstić information content (AvgIpc) is 2.82. The van der Waals surface area contributed by atoms with Crippen LogP contribution in [0.3, 0.4) is 0 Å². The van der Waals surface area contributed by atoms with Gasteiger partial charge in [-0.05, 0) is 42.8 Å². The van der Waals surface area contributed by atoms with Crippen LogP contribution >= 0.6 is 11.6 Å². The summed E-state index contributed by atoms with van der Waals surface area (Å²) in [7, 11) is 0. The van der Waals surface area contributed by atoms with Crippen molar-refractivity contribution in [2.75, 3.05) is 5.32 Å². The summed E-state index contributed by atoms with van der Waals surface area (Å²) in [6.45, 7) is 1.84. The van der Waals surface area contributed by atoms with Gasteiger partial charge in [-0.1, -0.05) is 17.7 Å². The standard InChI is InChI=1S/C15H12ClN3O2/c1-8-10(16)3-2-4-11(8)17-14(20)9-5-6-12-13(7-9)19-15(21)18-12/h2-7H,1H3,(H,17,20)(H2,18,19,21). The van der Waals surface area contributed by atoms with Gasteiger partial charge in [0.1, 0.15) is 0 Å². The van der Waals surface area contributed by atoms with Crippen LogP contribution in [0, 0.1) is 6.92 Å². The third-order valence-corrected chi connectivity index (χ3v) is 3.70. The summed E-state index contributed by atoms with van der Waals surface area (Å²) >= 11 is 6.03. The third-order valence-electron chi connectivity index (χ3n) is 3.29. The normalized spacial score (nSPS) is 10.8. The van der Waals surface area contributed by atoms with Crippen molar-refractivity contribution in [3.8, 4) is 0 Å². The van der Waals surface area contributed by atoms with E-state index in [2.05, 4.69) is 15.3 Å². The molecule has 0 aliphatic heterocycles. The average molecular weight is 302 g/mol. The van der Waals surface area contributed by atoms with Crippen LogP contribution in [0.25, 0.3) is 11.0 Å². The van der Waals surface area contributed by atoms with Gasteiger partial charge in [-0.15, -0.1) is 0 Å². The number of hydrogen-bond donors (Lipinski definition) is 3. The molecular weight excluding hydrogens is 290 g/mol. The van der Waals surface area contributed by atoms with Crippen LogP contribution in [0.15, 0.2) is 41.2 Å². The van der Waals surface area contributed by atoms with Gasteiger partial charge >= 0.3 is 5.69 Å². The van der Waals surface area contributed by atoms with Gasteiger partial charge in [-0.3, -0.25) is 4.79 Å². The first-order chi connectivity index (χ1) is 10.0. The molecule has 0 spiro atoms. The van der Waals surface area contributed by atoms with Gasteiger partial charge in [-0.25, -0.2) is 4.79 Å². The van der Waals surface area contributed by atoms with E-state index in [1.165, 1.54) is 0 Å². The molecule has 2 aromatic carbocycles. The number of carbonyl (C=O) groups is 1. The van der Waals surface area contributed by atoms with Crippen molar-refractivity contribution in [3.05, 3.63) is 63.0 Å². The van der Waals surface area contributed by atoms with Crippen LogP contribution in [-0.2, 0) is 0 Å². The summed E-state index contributed by atoms with van der Waals surface area (Å²) in [4.78, 5) is 28.7. The highest BCUT2D eigenvalue weighted by molar-refractivity contribution is 6.31. The van der Waals surface area contributed by atoms with E-state index < -0.39 is 0 Å². The van der Waals surface area contributed by atoms with Gasteiger partial charge in [0.25, 0.3) is 5.91 Å². The molecule has 0 bridgehead atoms. The Morgan fingerprint density at radius 1 is 1.14 bits per heavy atom. The minimum Gasteiger partial charge on any atom is -0.322 e. The number of nitrogens with one attached hydrogen (secondary N) is 3. The van der Waals surface area contributed by atoms with E-state index in [-0.39, 0.29) is 11.6 Å². The van der Waals surface area contributed by atoms with E-state index in [0.717, 1.165) is 5.56 Å². The molecule has 1 amide bonds. The molecule has 5 nitrogen and oxygen atoms in total. The minimum atomic E-state index is -0.298. The number of amides is 1. The molecule has 0 atom stereocenters. The van der Waals surface area contributed by atoms with Crippen molar-refractivity contribution in [2.45, 2.75) is 6.92 Å². The van der Waals surface area contributed by atoms with Crippen molar-refractivity contribution < 1.29 is 4.79 Å². The van der Waals surface area contributed by atoms with Gasteiger partial charge in [-0.2, -0.15) is 0 Å². The van der Waals surface area contributed by atoms with E-state index in [4.69, 9.17) is 11.6 Å². The fourth-order valence-electron chi connectivity index (χ4n) is 2.11. The van der Waals surface area contributed by atoms with Crippen LogP contribution in [0.4, 0.5) is 5.69 Å². The Labute approximate surface area is 125 Å². The number of aromatic nitrogens is 2. The number of halogens is 1. The van der Waals surface area contributed by atoms with Gasteiger partial charge in [0, 0.05) is 16.3 Å². The zero-order valence-electron chi connectivity index (χ0n) is 11.2. The third kappa shape index (κ3) is 2.55. The van der Waals surface area contributed by atoms with Crippen molar-refractivity contribution in [3.63, 3.8) is 0 Å². The summed E-state index contributed by atoms with van der Waals surface area (Å²) in [5.74, 6) is -0.260. The number of benzene rings is 2. The highest BCUT2D eigenvalue weighted by atomic mass is 35.5. The van der Waals surface area contributed by atoms with Gasteiger partial charge in [0.15, 0.2) is 0 Å². The summed E-state index contributed by atoms with van der Waals surface area (Å²) < 4.78 is 0. The number of anilines is 1. The molecule has 1 aromatic heterocycles. The van der Waals surface area contributed by atoms with Crippen molar-refractivity contribution >= 4 is 34.2 Å². The molecule has 3 N–H and O–H groups in total. The first kappa shape index (κ1) is 13.5. The molecule has 3 rings (SSSR count). The Hall–Kier alpha value is -2.53. The van der Waals surface area contributed by atoms with Crippen molar-refractivity contribution in [1.82, 2.24) is 9.97 Å². The number of rotatable bonds is 2. The Kier molecular flexibility index (Phi) is 3.27. The lowest BCUT2D eigenvalue weighted by molar-refractivity contribution is 0.102. The number of aromatic amines is 2. The SMILES string of the molecule is Cc1c(Cl)cccc1NC(=O)c1ccc2[nH]c(=O)[nH]c2c1. The Morgan fingerprint density at radius 2 is 1.90 bits per heavy atom. The molecule has 6 heteroatoms. The maximum Gasteiger partial charge on any atom is 0.323 e. The van der Waals surface area contributed by atoms with Gasteiger partial charge < -0.3 is 15.3 Å². The molecule has 0 unspecified atom stereocenters. The molecule has 0 aliphatic carbocycles. The number of hydrogen-bond acceptors (Lipinski definition) is 2. The Morgan fingerprint density at radius 3 is 2.71 bits per heavy atom. The zero-order chi connectivity index (χ0) is 15.0. The first-order valence-corrected chi connectivity index (χ1v) is 6.71. The molecule has 0 saturated carbocycles. The molecule has 0 saturated heterocycles. The lowest BCUT2D eigenvalue weighted by Gasteiger charge is -2.09. The van der Waals surface area contributed by atoms with E-state index in [0.29, 0.717) is 27.3 Å². The van der Waals surface area contributed by atoms with Gasteiger partial charge in [0.2, 0.25) is 0 Å². The molecule has 1 heterocycles. The van der Waals surface area contributed by atoms with Crippen LogP contribution < -0.4 is 11.0 Å². The summed E-state index contributed by atoms with van der Waals surface area (Å²) in [6, 6.07) is 10.3. The van der Waals surface area contributed by atoms with Crippen molar-refractivity contribution in [2.24, 2.45) is 0 Å². The second-order valence-electron chi connectivity index (χ2n) is 4.71. The maximum absolute atomic E-state index is 12.3. The topological polar surface area (TPSA) is 77.8 Å². The highest BCUT2D eigenvalue weighted by Crippen LogP contribution is 2.23. The molecule has 0 aliphatic rings. The number of carbonyl (C=O) groups excluding carboxylic acids is 1. The molecule has 0 fully saturated rings. The molecule has 0 radical (unpaired) electrons. The second-order valence-corrected chi connectivity index (χ2v) is 5.11. The summed E-state index contributed by atoms with van der Waals surface area (Å²) in [5, 5.41) is 3.41. The largest absolute Gasteiger partial charge is 0.323 e. The van der Waals surface area contributed by atoms with Crippen LogP contribution in [-0.4, -0.2) is 15.9 Å². The van der Waals surface area contributed by atoms with E-state index >= 15 is 0 Å². The van der Waals surface area contributed by atoms with E-state index in [1.54, 1.807) is 36.4 Å². The second kappa shape index (κ2) is 5.10. The molecular formula is C15H12ClN3O2. The van der Waals surface area contributed by atoms with Crippen LogP contribution in [0.5, 0.6) is 0 Å². The smallest absolute Gasteiger partial charge is 0.322 e. The minimum absolute atomic E-state index is 0.260. The van der Waals surface area contributed by atoms with Gasteiger partial charge in [0.05, 0.1) is 11.0 Å². The van der Waals surface area contributed by atoms with E-state index in [9.17, 15) is 9.59 Å². The monoisotopic (exact) mass is 301 g/mol. The summed E-state index contributed by atoms with van der Waals surface area (Å²) in [5.41, 5.74) is 2.88. The lowest BCUT2D eigenvalue weighted by Crippen LogP contribution is -2.12. The maximum atomic E-state index is 12.3.